The zero-order valence-corrected chi connectivity index (χ0v) is 10.9. The van der Waals surface area contributed by atoms with Crippen molar-refractivity contribution in [2.24, 2.45) is 0 Å². The zero-order chi connectivity index (χ0) is 13.0. The first-order valence-corrected chi connectivity index (χ1v) is 6.42. The Morgan fingerprint density at radius 3 is 2.39 bits per heavy atom. The van der Waals surface area contributed by atoms with Crippen LogP contribution in [0.4, 0.5) is 0 Å². The van der Waals surface area contributed by atoms with Gasteiger partial charge in [-0.2, -0.15) is 0 Å². The Labute approximate surface area is 108 Å². The molecule has 0 radical (unpaired) electrons. The Morgan fingerprint density at radius 2 is 1.83 bits per heavy atom. The highest BCUT2D eigenvalue weighted by atomic mass is 16.3. The lowest BCUT2D eigenvalue weighted by molar-refractivity contribution is 0.474. The summed E-state index contributed by atoms with van der Waals surface area (Å²) in [4.78, 5) is 4.46. The van der Waals surface area contributed by atoms with Crippen LogP contribution in [0.25, 0.3) is 0 Å². The van der Waals surface area contributed by atoms with Gasteiger partial charge in [0.15, 0.2) is 0 Å². The largest absolute Gasteiger partial charge is 0.508 e. The van der Waals surface area contributed by atoms with E-state index < -0.39 is 0 Å². The Kier molecular flexibility index (Phi) is 3.98. The van der Waals surface area contributed by atoms with E-state index in [2.05, 4.69) is 24.9 Å². The van der Waals surface area contributed by atoms with E-state index in [1.54, 1.807) is 12.1 Å². The maximum atomic E-state index is 9.34. The van der Waals surface area contributed by atoms with Crippen molar-refractivity contribution in [1.29, 1.82) is 0 Å². The first kappa shape index (κ1) is 12.6. The molecule has 1 heterocycles. The molecule has 2 heteroatoms. The van der Waals surface area contributed by atoms with Crippen molar-refractivity contribution < 1.29 is 5.11 Å². The first-order chi connectivity index (χ1) is 8.72. The van der Waals surface area contributed by atoms with Gasteiger partial charge < -0.3 is 5.11 Å². The molecule has 0 aliphatic heterocycles. The maximum Gasteiger partial charge on any atom is 0.115 e. The third-order valence-electron chi connectivity index (χ3n) is 3.53. The van der Waals surface area contributed by atoms with Crippen LogP contribution in [-0.2, 0) is 0 Å². The number of benzene rings is 1. The third kappa shape index (κ3) is 2.70. The average molecular weight is 241 g/mol. The Morgan fingerprint density at radius 1 is 1.11 bits per heavy atom. The van der Waals surface area contributed by atoms with Crippen molar-refractivity contribution in [3.8, 4) is 5.75 Å². The fraction of sp³-hybridized carbons (Fsp3) is 0.312. The SMILES string of the molecule is CC[C@@H](c1ccccn1)[C@@H](C)c1ccc(O)cc1. The van der Waals surface area contributed by atoms with E-state index in [0.717, 1.165) is 12.1 Å². The van der Waals surface area contributed by atoms with Gasteiger partial charge in [0.25, 0.3) is 0 Å². The number of aromatic hydroxyl groups is 1. The molecule has 0 unspecified atom stereocenters. The molecule has 0 spiro atoms. The summed E-state index contributed by atoms with van der Waals surface area (Å²) in [6.45, 7) is 4.41. The summed E-state index contributed by atoms with van der Waals surface area (Å²) in [5, 5.41) is 9.34. The molecular weight excluding hydrogens is 222 g/mol. The number of phenols is 1. The molecule has 0 bridgehead atoms. The highest BCUT2D eigenvalue weighted by Gasteiger charge is 2.20. The van der Waals surface area contributed by atoms with Gasteiger partial charge >= 0.3 is 0 Å². The molecule has 0 amide bonds. The Bertz CT molecular complexity index is 478. The van der Waals surface area contributed by atoms with Crippen molar-refractivity contribution in [2.45, 2.75) is 32.1 Å². The molecule has 2 aromatic rings. The minimum Gasteiger partial charge on any atom is -0.508 e. The molecular formula is C16H19NO. The van der Waals surface area contributed by atoms with Crippen molar-refractivity contribution >= 4 is 0 Å². The van der Waals surface area contributed by atoms with Crippen LogP contribution in [-0.4, -0.2) is 10.1 Å². The molecule has 2 rings (SSSR count). The van der Waals surface area contributed by atoms with E-state index in [9.17, 15) is 5.11 Å². The monoisotopic (exact) mass is 241 g/mol. The summed E-state index contributed by atoms with van der Waals surface area (Å²) in [7, 11) is 0. The molecule has 0 fully saturated rings. The van der Waals surface area contributed by atoms with Gasteiger partial charge in [0.05, 0.1) is 0 Å². The zero-order valence-electron chi connectivity index (χ0n) is 10.9. The lowest BCUT2D eigenvalue weighted by Crippen LogP contribution is -2.09. The van der Waals surface area contributed by atoms with E-state index in [1.165, 1.54) is 5.56 Å². The predicted octanol–water partition coefficient (Wildman–Crippen LogP) is 4.08. The van der Waals surface area contributed by atoms with Gasteiger partial charge in [0, 0.05) is 17.8 Å². The van der Waals surface area contributed by atoms with E-state index >= 15 is 0 Å². The predicted molar refractivity (Wildman–Crippen MR) is 73.8 cm³/mol. The van der Waals surface area contributed by atoms with Gasteiger partial charge in [-0.05, 0) is 42.2 Å². The lowest BCUT2D eigenvalue weighted by Gasteiger charge is -2.22. The number of aromatic nitrogens is 1. The standard InChI is InChI=1S/C16H19NO/c1-3-15(16-6-4-5-11-17-16)12(2)13-7-9-14(18)10-8-13/h4-12,15,18H,3H2,1-2H3/t12-,15+/m0/s1. The van der Waals surface area contributed by atoms with Crippen LogP contribution in [0.5, 0.6) is 5.75 Å². The van der Waals surface area contributed by atoms with Gasteiger partial charge in [-0.3, -0.25) is 4.98 Å². The second-order valence-corrected chi connectivity index (χ2v) is 4.65. The van der Waals surface area contributed by atoms with Crippen molar-refractivity contribution in [3.05, 3.63) is 59.9 Å². The fourth-order valence-electron chi connectivity index (χ4n) is 2.42. The minimum absolute atomic E-state index is 0.317. The van der Waals surface area contributed by atoms with Crippen LogP contribution in [0.2, 0.25) is 0 Å². The maximum absolute atomic E-state index is 9.34. The molecule has 0 saturated carbocycles. The molecule has 1 aromatic heterocycles. The second kappa shape index (κ2) is 5.67. The van der Waals surface area contributed by atoms with Crippen LogP contribution < -0.4 is 0 Å². The van der Waals surface area contributed by atoms with Gasteiger partial charge in [-0.25, -0.2) is 0 Å². The highest BCUT2D eigenvalue weighted by Crippen LogP contribution is 2.34. The number of phenolic OH excluding ortho intramolecular Hbond substituents is 1. The van der Waals surface area contributed by atoms with Crippen LogP contribution in [0, 0.1) is 0 Å². The molecule has 0 aliphatic carbocycles. The van der Waals surface area contributed by atoms with Crippen molar-refractivity contribution in [3.63, 3.8) is 0 Å². The highest BCUT2D eigenvalue weighted by molar-refractivity contribution is 5.30. The third-order valence-corrected chi connectivity index (χ3v) is 3.53. The number of pyridine rings is 1. The first-order valence-electron chi connectivity index (χ1n) is 6.42. The molecule has 94 valence electrons. The van der Waals surface area contributed by atoms with Gasteiger partial charge in [0.1, 0.15) is 5.75 Å². The number of nitrogens with zero attached hydrogens (tertiary/aromatic N) is 1. The molecule has 0 aliphatic rings. The van der Waals surface area contributed by atoms with Crippen LogP contribution >= 0.6 is 0 Å². The van der Waals surface area contributed by atoms with Gasteiger partial charge in [-0.15, -0.1) is 0 Å². The number of rotatable bonds is 4. The summed E-state index contributed by atoms with van der Waals surface area (Å²) in [6, 6.07) is 13.5. The Hall–Kier alpha value is -1.83. The Balaban J connectivity index is 2.25. The number of hydrogen-bond donors (Lipinski definition) is 1. The molecule has 1 N–H and O–H groups in total. The minimum atomic E-state index is 0.317. The van der Waals surface area contributed by atoms with Crippen molar-refractivity contribution in [2.75, 3.05) is 0 Å². The van der Waals surface area contributed by atoms with Crippen LogP contribution in [0.1, 0.15) is 43.4 Å². The summed E-state index contributed by atoms with van der Waals surface area (Å²) in [5.41, 5.74) is 2.38. The second-order valence-electron chi connectivity index (χ2n) is 4.65. The summed E-state index contributed by atoms with van der Waals surface area (Å²) in [5.74, 6) is 1.12. The van der Waals surface area contributed by atoms with E-state index in [1.807, 2.05) is 30.5 Å². The molecule has 2 atom stereocenters. The van der Waals surface area contributed by atoms with Crippen LogP contribution in [0.15, 0.2) is 48.7 Å². The molecule has 1 aromatic carbocycles. The smallest absolute Gasteiger partial charge is 0.115 e. The topological polar surface area (TPSA) is 33.1 Å². The molecule has 2 nitrogen and oxygen atoms in total. The summed E-state index contributed by atoms with van der Waals surface area (Å²) in [6.07, 6.45) is 2.90. The summed E-state index contributed by atoms with van der Waals surface area (Å²) < 4.78 is 0. The van der Waals surface area contributed by atoms with Crippen molar-refractivity contribution in [1.82, 2.24) is 4.98 Å². The fourth-order valence-corrected chi connectivity index (χ4v) is 2.42. The van der Waals surface area contributed by atoms with E-state index in [-0.39, 0.29) is 0 Å². The molecule has 18 heavy (non-hydrogen) atoms. The summed E-state index contributed by atoms with van der Waals surface area (Å²) >= 11 is 0. The average Bonchev–Trinajstić information content (AvgIpc) is 2.41. The molecule has 0 saturated heterocycles. The van der Waals surface area contributed by atoms with E-state index in [0.29, 0.717) is 17.6 Å². The van der Waals surface area contributed by atoms with Crippen LogP contribution in [0.3, 0.4) is 0 Å². The normalized spacial score (nSPS) is 14.1. The van der Waals surface area contributed by atoms with E-state index in [4.69, 9.17) is 0 Å². The number of hydrogen-bond acceptors (Lipinski definition) is 2. The van der Waals surface area contributed by atoms with Gasteiger partial charge in [0.2, 0.25) is 0 Å². The lowest BCUT2D eigenvalue weighted by atomic mass is 9.83. The van der Waals surface area contributed by atoms with Gasteiger partial charge in [-0.1, -0.05) is 32.0 Å². The quantitative estimate of drug-likeness (QED) is 0.874.